The van der Waals surface area contributed by atoms with Gasteiger partial charge in [-0.25, -0.2) is 8.78 Å². The smallest absolute Gasteiger partial charge is 0.138 e. The number of hydrogen-bond donors (Lipinski definition) is 0. The number of aryl methyl sites for hydroxylation is 1. The molecule has 0 radical (unpaired) electrons. The van der Waals surface area contributed by atoms with E-state index in [1.165, 1.54) is 18.1 Å². The molecule has 0 amide bonds. The van der Waals surface area contributed by atoms with Gasteiger partial charge in [0.05, 0.1) is 6.07 Å². The van der Waals surface area contributed by atoms with Gasteiger partial charge in [0.25, 0.3) is 0 Å². The van der Waals surface area contributed by atoms with Crippen molar-refractivity contribution in [2.45, 2.75) is 63.8 Å². The van der Waals surface area contributed by atoms with Gasteiger partial charge in [0, 0.05) is 25.4 Å². The molecule has 4 unspecified atom stereocenters. The summed E-state index contributed by atoms with van der Waals surface area (Å²) in [5, 5.41) is 7.32. The molecular formula is C25H32F2N2. The molecule has 1 fully saturated rings. The highest BCUT2D eigenvalue weighted by Gasteiger charge is 2.42. The van der Waals surface area contributed by atoms with Gasteiger partial charge < -0.3 is 4.90 Å². The molecule has 0 aliphatic heterocycles. The predicted molar refractivity (Wildman–Crippen MR) is 115 cm³/mol. The van der Waals surface area contributed by atoms with E-state index in [0.29, 0.717) is 12.5 Å². The SMILES string of the molecule is CC#N.CC(CCc1ccc(C2CC(F)C2F)cc1)N(C)CCc1ccccc1. The Bertz CT molecular complexity index is 755. The molecule has 4 atom stereocenters. The Hall–Kier alpha value is -2.25. The van der Waals surface area contributed by atoms with Gasteiger partial charge in [-0.2, -0.15) is 5.26 Å². The van der Waals surface area contributed by atoms with Gasteiger partial charge in [-0.3, -0.25) is 0 Å². The fourth-order valence-electron chi connectivity index (χ4n) is 3.58. The average molecular weight is 399 g/mol. The molecule has 0 bridgehead atoms. The first-order chi connectivity index (χ1) is 14.0. The van der Waals surface area contributed by atoms with E-state index in [9.17, 15) is 8.78 Å². The van der Waals surface area contributed by atoms with Crippen molar-refractivity contribution < 1.29 is 8.78 Å². The van der Waals surface area contributed by atoms with Crippen molar-refractivity contribution in [2.75, 3.05) is 13.6 Å². The number of nitriles is 1. The Morgan fingerprint density at radius 1 is 1.03 bits per heavy atom. The van der Waals surface area contributed by atoms with Crippen LogP contribution >= 0.6 is 0 Å². The molecule has 0 saturated heterocycles. The lowest BCUT2D eigenvalue weighted by Gasteiger charge is -2.34. The van der Waals surface area contributed by atoms with E-state index in [-0.39, 0.29) is 5.92 Å². The second kappa shape index (κ2) is 11.7. The molecule has 2 aromatic carbocycles. The molecule has 4 heteroatoms. The lowest BCUT2D eigenvalue weighted by molar-refractivity contribution is 0.0428. The molecular weight excluding hydrogens is 366 g/mol. The summed E-state index contributed by atoms with van der Waals surface area (Å²) >= 11 is 0. The van der Waals surface area contributed by atoms with Crippen LogP contribution in [-0.2, 0) is 12.8 Å². The standard InChI is InChI=1S/C23H29F2N.C2H3N/c1-17(26(2)15-14-18-6-4-3-5-7-18)8-9-19-10-12-20(13-11-19)21-16-22(24)23(21)25;1-2-3/h3-7,10-13,17,21-23H,8-9,14-16H2,1-2H3;1H3. The topological polar surface area (TPSA) is 27.0 Å². The predicted octanol–water partition coefficient (Wildman–Crippen LogP) is 5.88. The van der Waals surface area contributed by atoms with Crippen LogP contribution in [0.4, 0.5) is 8.78 Å². The molecule has 0 N–H and O–H groups in total. The van der Waals surface area contributed by atoms with E-state index in [2.05, 4.69) is 61.3 Å². The van der Waals surface area contributed by atoms with Gasteiger partial charge in [-0.1, -0.05) is 54.6 Å². The third-order valence-electron chi connectivity index (χ3n) is 5.82. The second-order valence-corrected chi connectivity index (χ2v) is 7.87. The number of halogens is 2. The Balaban J connectivity index is 0.000000941. The minimum absolute atomic E-state index is 0.248. The first-order valence-corrected chi connectivity index (χ1v) is 10.4. The molecule has 0 spiro atoms. The summed E-state index contributed by atoms with van der Waals surface area (Å²) in [6.45, 7) is 4.75. The van der Waals surface area contributed by atoms with E-state index in [0.717, 1.165) is 31.4 Å². The van der Waals surface area contributed by atoms with E-state index in [4.69, 9.17) is 5.26 Å². The second-order valence-electron chi connectivity index (χ2n) is 7.87. The van der Waals surface area contributed by atoms with Crippen molar-refractivity contribution >= 4 is 0 Å². The number of benzene rings is 2. The van der Waals surface area contributed by atoms with Crippen LogP contribution in [0.5, 0.6) is 0 Å². The minimum Gasteiger partial charge on any atom is -0.303 e. The molecule has 1 aliphatic rings. The van der Waals surface area contributed by atoms with Gasteiger partial charge in [0.15, 0.2) is 0 Å². The summed E-state index contributed by atoms with van der Waals surface area (Å²) in [7, 11) is 2.18. The third-order valence-corrected chi connectivity index (χ3v) is 5.82. The average Bonchev–Trinajstić information content (AvgIpc) is 2.75. The maximum absolute atomic E-state index is 13.5. The maximum Gasteiger partial charge on any atom is 0.138 e. The van der Waals surface area contributed by atoms with E-state index in [1.54, 1.807) is 6.07 Å². The van der Waals surface area contributed by atoms with Crippen LogP contribution < -0.4 is 0 Å². The van der Waals surface area contributed by atoms with Crippen molar-refractivity contribution in [3.63, 3.8) is 0 Å². The molecule has 1 saturated carbocycles. The van der Waals surface area contributed by atoms with Crippen molar-refractivity contribution in [2.24, 2.45) is 0 Å². The Labute approximate surface area is 174 Å². The summed E-state index contributed by atoms with van der Waals surface area (Å²) in [6, 6.07) is 20.9. The van der Waals surface area contributed by atoms with Gasteiger partial charge >= 0.3 is 0 Å². The van der Waals surface area contributed by atoms with Gasteiger partial charge in [0.2, 0.25) is 0 Å². The van der Waals surface area contributed by atoms with Crippen LogP contribution in [0.3, 0.4) is 0 Å². The van der Waals surface area contributed by atoms with Gasteiger partial charge in [-0.15, -0.1) is 0 Å². The zero-order valence-electron chi connectivity index (χ0n) is 17.7. The van der Waals surface area contributed by atoms with Crippen LogP contribution in [0.25, 0.3) is 0 Å². The normalized spacial score (nSPS) is 21.5. The van der Waals surface area contributed by atoms with Gasteiger partial charge in [0.1, 0.15) is 12.3 Å². The maximum atomic E-state index is 13.5. The molecule has 3 rings (SSSR count). The highest BCUT2D eigenvalue weighted by Crippen LogP contribution is 2.41. The van der Waals surface area contributed by atoms with Crippen molar-refractivity contribution in [3.05, 3.63) is 71.3 Å². The highest BCUT2D eigenvalue weighted by molar-refractivity contribution is 5.29. The quantitative estimate of drug-likeness (QED) is 0.555. The van der Waals surface area contributed by atoms with E-state index >= 15 is 0 Å². The third kappa shape index (κ3) is 6.94. The Morgan fingerprint density at radius 2 is 1.62 bits per heavy atom. The Morgan fingerprint density at radius 3 is 2.17 bits per heavy atom. The largest absolute Gasteiger partial charge is 0.303 e. The summed E-state index contributed by atoms with van der Waals surface area (Å²) < 4.78 is 26.5. The van der Waals surface area contributed by atoms with Crippen LogP contribution in [0.1, 0.15) is 49.3 Å². The van der Waals surface area contributed by atoms with Crippen LogP contribution in [0.2, 0.25) is 0 Å². The highest BCUT2D eigenvalue weighted by atomic mass is 19.2. The number of likely N-dealkylation sites (N-methyl/N-ethyl adjacent to an activating group) is 1. The Kier molecular flexibility index (Phi) is 9.28. The zero-order chi connectivity index (χ0) is 21.2. The molecule has 1 aliphatic carbocycles. The van der Waals surface area contributed by atoms with Gasteiger partial charge in [-0.05, 0) is 56.3 Å². The molecule has 0 aromatic heterocycles. The summed E-state index contributed by atoms with van der Waals surface area (Å²) in [4.78, 5) is 2.41. The lowest BCUT2D eigenvalue weighted by Crippen LogP contribution is -2.38. The van der Waals surface area contributed by atoms with Crippen LogP contribution in [-0.4, -0.2) is 36.9 Å². The first-order valence-electron chi connectivity index (χ1n) is 10.4. The minimum atomic E-state index is -1.32. The van der Waals surface area contributed by atoms with Crippen molar-refractivity contribution in [1.29, 1.82) is 5.26 Å². The molecule has 2 aromatic rings. The molecule has 29 heavy (non-hydrogen) atoms. The number of alkyl halides is 2. The fraction of sp³-hybridized carbons (Fsp3) is 0.480. The molecule has 2 nitrogen and oxygen atoms in total. The lowest BCUT2D eigenvalue weighted by atomic mass is 9.76. The summed E-state index contributed by atoms with van der Waals surface area (Å²) in [5.41, 5.74) is 3.58. The van der Waals surface area contributed by atoms with E-state index in [1.807, 2.05) is 12.1 Å². The van der Waals surface area contributed by atoms with Crippen LogP contribution in [0, 0.1) is 11.3 Å². The number of rotatable bonds is 8. The van der Waals surface area contributed by atoms with E-state index < -0.39 is 12.3 Å². The van der Waals surface area contributed by atoms with Crippen molar-refractivity contribution in [1.82, 2.24) is 4.90 Å². The fourth-order valence-corrected chi connectivity index (χ4v) is 3.58. The van der Waals surface area contributed by atoms with Crippen LogP contribution in [0.15, 0.2) is 54.6 Å². The summed E-state index contributed by atoms with van der Waals surface area (Å²) in [5.74, 6) is -0.248. The zero-order valence-corrected chi connectivity index (χ0v) is 17.7. The monoisotopic (exact) mass is 398 g/mol. The number of nitrogens with zero attached hydrogens (tertiary/aromatic N) is 2. The molecule has 0 heterocycles. The number of hydrogen-bond acceptors (Lipinski definition) is 2. The first kappa shape index (κ1) is 23.0. The van der Waals surface area contributed by atoms with Crippen molar-refractivity contribution in [3.8, 4) is 6.07 Å². The molecule has 156 valence electrons. The summed E-state index contributed by atoms with van der Waals surface area (Å²) in [6.07, 6.45) is 0.895.